The number of pyridine rings is 1. The van der Waals surface area contributed by atoms with Gasteiger partial charge in [-0.05, 0) is 40.9 Å². The van der Waals surface area contributed by atoms with Crippen LogP contribution in [-0.4, -0.2) is 33.3 Å². The van der Waals surface area contributed by atoms with Crippen molar-refractivity contribution in [1.82, 2.24) is 14.3 Å². The lowest BCUT2D eigenvalue weighted by Crippen LogP contribution is -2.37. The van der Waals surface area contributed by atoms with Gasteiger partial charge in [0, 0.05) is 31.6 Å². The third kappa shape index (κ3) is 2.35. The predicted molar refractivity (Wildman–Crippen MR) is 81.7 cm³/mol. The number of nitrogens with zero attached hydrogens (tertiary/aromatic N) is 3. The summed E-state index contributed by atoms with van der Waals surface area (Å²) < 4.78 is 3.06. The second kappa shape index (κ2) is 5.56. The highest BCUT2D eigenvalue weighted by Crippen LogP contribution is 2.30. The van der Waals surface area contributed by atoms with Gasteiger partial charge in [-0.2, -0.15) is 0 Å². The van der Waals surface area contributed by atoms with E-state index in [9.17, 15) is 4.79 Å². The number of aromatic nitrogens is 2. The summed E-state index contributed by atoms with van der Waals surface area (Å²) in [6.45, 7) is 3.61. The molecule has 2 aromatic rings. The molecule has 0 N–H and O–H groups in total. The lowest BCUT2D eigenvalue weighted by Gasteiger charge is -2.31. The lowest BCUT2D eigenvalue weighted by atomic mass is 9.96. The Balaban J connectivity index is 1.82. The molecule has 2 aromatic heterocycles. The molecule has 0 spiro atoms. The summed E-state index contributed by atoms with van der Waals surface area (Å²) in [6, 6.07) is 6.12. The summed E-state index contributed by atoms with van der Waals surface area (Å²) >= 11 is 3.53. The number of likely N-dealkylation sites (tertiary alicyclic amines) is 1. The molecule has 0 bridgehead atoms. The number of imidazole rings is 1. The minimum atomic E-state index is 0.262. The number of fused-ring (bicyclic) bond motifs is 1. The van der Waals surface area contributed by atoms with Crippen LogP contribution >= 0.6 is 15.9 Å². The topological polar surface area (TPSA) is 37.6 Å². The zero-order chi connectivity index (χ0) is 14.1. The van der Waals surface area contributed by atoms with Crippen LogP contribution < -0.4 is 0 Å². The standard InChI is InChI=1S/C15H18BrN3O/c1-2-13(20)18-9-6-11(7-10-18)15-17-14(16)12-5-3-4-8-19(12)15/h3-5,8,11H,2,6-7,9-10H2,1H3. The van der Waals surface area contributed by atoms with Crippen molar-refractivity contribution in [2.75, 3.05) is 13.1 Å². The number of piperidine rings is 1. The molecule has 3 rings (SSSR count). The normalized spacial score (nSPS) is 16.8. The molecular weight excluding hydrogens is 318 g/mol. The molecule has 1 amide bonds. The molecule has 1 aliphatic heterocycles. The summed E-state index contributed by atoms with van der Waals surface area (Å²) in [5.41, 5.74) is 1.11. The fourth-order valence-corrected chi connectivity index (χ4v) is 3.43. The van der Waals surface area contributed by atoms with Crippen molar-refractivity contribution in [3.8, 4) is 0 Å². The Morgan fingerprint density at radius 1 is 1.40 bits per heavy atom. The summed E-state index contributed by atoms with van der Waals surface area (Å²) in [6.07, 6.45) is 4.65. The van der Waals surface area contributed by atoms with Crippen LogP contribution in [0.1, 0.15) is 37.9 Å². The molecular formula is C15H18BrN3O. The fraction of sp³-hybridized carbons (Fsp3) is 0.467. The Kier molecular flexibility index (Phi) is 3.78. The molecule has 0 unspecified atom stereocenters. The van der Waals surface area contributed by atoms with Crippen molar-refractivity contribution >= 4 is 27.4 Å². The average molecular weight is 336 g/mol. The molecule has 0 saturated carbocycles. The van der Waals surface area contributed by atoms with Crippen LogP contribution in [0, 0.1) is 0 Å². The van der Waals surface area contributed by atoms with Crippen molar-refractivity contribution in [2.24, 2.45) is 0 Å². The summed E-state index contributed by atoms with van der Waals surface area (Å²) in [5, 5.41) is 0. The van der Waals surface area contributed by atoms with Gasteiger partial charge in [0.2, 0.25) is 5.91 Å². The third-order valence-corrected chi connectivity index (χ3v) is 4.63. The SMILES string of the molecule is CCC(=O)N1CCC(c2nc(Br)c3ccccn23)CC1. The second-order valence-corrected chi connectivity index (χ2v) is 5.98. The molecule has 0 atom stereocenters. The first kappa shape index (κ1) is 13.6. The molecule has 3 heterocycles. The second-order valence-electron chi connectivity index (χ2n) is 5.23. The quantitative estimate of drug-likeness (QED) is 0.845. The molecule has 0 aromatic carbocycles. The van der Waals surface area contributed by atoms with Crippen molar-refractivity contribution in [2.45, 2.75) is 32.1 Å². The van der Waals surface area contributed by atoms with Gasteiger partial charge in [0.05, 0.1) is 5.52 Å². The first-order valence-corrected chi connectivity index (χ1v) is 7.90. The van der Waals surface area contributed by atoms with E-state index in [1.165, 1.54) is 0 Å². The number of hydrogen-bond acceptors (Lipinski definition) is 2. The Morgan fingerprint density at radius 3 is 2.85 bits per heavy atom. The molecule has 106 valence electrons. The van der Waals surface area contributed by atoms with Crippen molar-refractivity contribution in [3.05, 3.63) is 34.8 Å². The summed E-state index contributed by atoms with van der Waals surface area (Å²) in [5.74, 6) is 1.80. The summed E-state index contributed by atoms with van der Waals surface area (Å²) in [4.78, 5) is 18.4. The van der Waals surface area contributed by atoms with Crippen molar-refractivity contribution in [3.63, 3.8) is 0 Å². The molecule has 0 aliphatic carbocycles. The molecule has 4 nitrogen and oxygen atoms in total. The number of rotatable bonds is 2. The van der Waals surface area contributed by atoms with Crippen molar-refractivity contribution in [1.29, 1.82) is 0 Å². The maximum Gasteiger partial charge on any atom is 0.222 e. The van der Waals surface area contributed by atoms with E-state index < -0.39 is 0 Å². The van der Waals surface area contributed by atoms with Crippen LogP contribution in [0.5, 0.6) is 0 Å². The highest BCUT2D eigenvalue weighted by atomic mass is 79.9. The molecule has 0 radical (unpaired) electrons. The van der Waals surface area contributed by atoms with E-state index in [1.54, 1.807) is 0 Å². The maximum absolute atomic E-state index is 11.7. The highest BCUT2D eigenvalue weighted by Gasteiger charge is 2.26. The van der Waals surface area contributed by atoms with E-state index in [0.29, 0.717) is 12.3 Å². The van der Waals surface area contributed by atoms with Crippen LogP contribution in [0.4, 0.5) is 0 Å². The maximum atomic E-state index is 11.7. The molecule has 1 aliphatic rings. The van der Waals surface area contributed by atoms with Gasteiger partial charge in [0.1, 0.15) is 10.4 Å². The molecule has 5 heteroatoms. The Morgan fingerprint density at radius 2 is 2.15 bits per heavy atom. The Labute approximate surface area is 126 Å². The van der Waals surface area contributed by atoms with E-state index >= 15 is 0 Å². The van der Waals surface area contributed by atoms with Gasteiger partial charge in [0.25, 0.3) is 0 Å². The smallest absolute Gasteiger partial charge is 0.222 e. The number of amides is 1. The van der Waals surface area contributed by atoms with Gasteiger partial charge in [-0.25, -0.2) is 4.98 Å². The van der Waals surface area contributed by atoms with Crippen LogP contribution in [0.15, 0.2) is 29.0 Å². The minimum absolute atomic E-state index is 0.262. The predicted octanol–water partition coefficient (Wildman–Crippen LogP) is 3.21. The lowest BCUT2D eigenvalue weighted by molar-refractivity contribution is -0.131. The minimum Gasteiger partial charge on any atom is -0.343 e. The molecule has 1 fully saturated rings. The largest absolute Gasteiger partial charge is 0.343 e. The van der Waals surface area contributed by atoms with E-state index in [0.717, 1.165) is 41.9 Å². The fourth-order valence-electron chi connectivity index (χ4n) is 2.92. The zero-order valence-corrected chi connectivity index (χ0v) is 13.1. The van der Waals surface area contributed by atoms with Crippen LogP contribution in [0.2, 0.25) is 0 Å². The molecule has 1 saturated heterocycles. The zero-order valence-electron chi connectivity index (χ0n) is 11.6. The molecule has 20 heavy (non-hydrogen) atoms. The van der Waals surface area contributed by atoms with Gasteiger partial charge >= 0.3 is 0 Å². The first-order valence-electron chi connectivity index (χ1n) is 7.11. The first-order chi connectivity index (χ1) is 9.70. The van der Waals surface area contributed by atoms with E-state index in [-0.39, 0.29) is 5.91 Å². The van der Waals surface area contributed by atoms with Gasteiger partial charge in [-0.3, -0.25) is 4.79 Å². The van der Waals surface area contributed by atoms with Crippen LogP contribution in [0.25, 0.3) is 5.52 Å². The van der Waals surface area contributed by atoms with Gasteiger partial charge in [-0.1, -0.05) is 13.0 Å². The third-order valence-electron chi connectivity index (χ3n) is 4.05. The van der Waals surface area contributed by atoms with Crippen LogP contribution in [0.3, 0.4) is 0 Å². The highest BCUT2D eigenvalue weighted by molar-refractivity contribution is 9.10. The number of hydrogen-bond donors (Lipinski definition) is 0. The monoisotopic (exact) mass is 335 g/mol. The Bertz CT molecular complexity index is 629. The van der Waals surface area contributed by atoms with E-state index in [1.807, 2.05) is 24.0 Å². The van der Waals surface area contributed by atoms with E-state index in [2.05, 4.69) is 37.6 Å². The summed E-state index contributed by atoms with van der Waals surface area (Å²) in [7, 11) is 0. The number of halogens is 1. The van der Waals surface area contributed by atoms with E-state index in [4.69, 9.17) is 0 Å². The van der Waals surface area contributed by atoms with Gasteiger partial charge < -0.3 is 9.30 Å². The van der Waals surface area contributed by atoms with Crippen LogP contribution in [-0.2, 0) is 4.79 Å². The number of carbonyl (C=O) groups is 1. The van der Waals surface area contributed by atoms with Crippen molar-refractivity contribution < 1.29 is 4.79 Å². The number of carbonyl (C=O) groups excluding carboxylic acids is 1. The Hall–Kier alpha value is -1.36. The van der Waals surface area contributed by atoms with Gasteiger partial charge in [-0.15, -0.1) is 0 Å². The average Bonchev–Trinajstić information content (AvgIpc) is 2.84. The van der Waals surface area contributed by atoms with Gasteiger partial charge in [0.15, 0.2) is 0 Å².